The van der Waals surface area contributed by atoms with E-state index in [1.807, 2.05) is 24.3 Å². The molecule has 0 radical (unpaired) electrons. The van der Waals surface area contributed by atoms with Crippen LogP contribution in [0.2, 0.25) is 0 Å². The number of nitrogens with two attached hydrogens (primary N) is 1. The van der Waals surface area contributed by atoms with E-state index in [1.165, 1.54) is 0 Å². The van der Waals surface area contributed by atoms with Gasteiger partial charge in [-0.05, 0) is 45.3 Å². The molecule has 1 atom stereocenters. The number of benzene rings is 1. The number of nitrogens with zero attached hydrogens (tertiary/aromatic N) is 1. The fraction of sp³-hybridized carbons (Fsp3) is 0.214. The maximum Gasteiger partial charge on any atom is 0.122 e. The van der Waals surface area contributed by atoms with Gasteiger partial charge in [0.25, 0.3) is 0 Å². The third-order valence-electron chi connectivity index (χ3n) is 2.82. The van der Waals surface area contributed by atoms with Crippen molar-refractivity contribution in [1.82, 2.24) is 4.98 Å². The zero-order valence-corrected chi connectivity index (χ0v) is 12.3. The molecule has 2 aromatic rings. The molecule has 2 rings (SSSR count). The second kappa shape index (κ2) is 6.04. The molecule has 0 amide bonds. The molecule has 5 heteroatoms. The van der Waals surface area contributed by atoms with Crippen molar-refractivity contribution < 1.29 is 9.47 Å². The lowest BCUT2D eigenvalue weighted by Crippen LogP contribution is -2.12. The van der Waals surface area contributed by atoms with Crippen LogP contribution in [-0.2, 0) is 0 Å². The van der Waals surface area contributed by atoms with Crippen LogP contribution in [-0.4, -0.2) is 19.2 Å². The van der Waals surface area contributed by atoms with Crippen LogP contribution in [0.5, 0.6) is 11.5 Å². The second-order valence-electron chi connectivity index (χ2n) is 4.06. The van der Waals surface area contributed by atoms with Crippen LogP contribution in [0.15, 0.2) is 41.1 Å². The molecule has 2 N–H and O–H groups in total. The lowest BCUT2D eigenvalue weighted by Gasteiger charge is -2.15. The third-order valence-corrected chi connectivity index (χ3v) is 3.25. The Hall–Kier alpha value is -1.59. The molecule has 1 unspecified atom stereocenters. The Morgan fingerprint density at radius 2 is 1.63 bits per heavy atom. The van der Waals surface area contributed by atoms with Crippen LogP contribution in [0.3, 0.4) is 0 Å². The Kier molecular flexibility index (Phi) is 4.39. The highest BCUT2D eigenvalue weighted by Crippen LogP contribution is 2.29. The van der Waals surface area contributed by atoms with E-state index >= 15 is 0 Å². The molecular weight excluding hydrogens is 308 g/mol. The van der Waals surface area contributed by atoms with Gasteiger partial charge in [0.15, 0.2) is 0 Å². The summed E-state index contributed by atoms with van der Waals surface area (Å²) in [5.74, 6) is 1.43. The van der Waals surface area contributed by atoms with Gasteiger partial charge in [-0.3, -0.25) is 4.98 Å². The van der Waals surface area contributed by atoms with Gasteiger partial charge in [-0.2, -0.15) is 0 Å². The zero-order chi connectivity index (χ0) is 13.8. The molecule has 19 heavy (non-hydrogen) atoms. The average molecular weight is 323 g/mol. The fourth-order valence-corrected chi connectivity index (χ4v) is 2.18. The van der Waals surface area contributed by atoms with Crippen molar-refractivity contribution in [3.05, 3.63) is 52.3 Å². The van der Waals surface area contributed by atoms with Crippen molar-refractivity contribution in [1.29, 1.82) is 0 Å². The number of hydrogen-bond acceptors (Lipinski definition) is 4. The molecule has 0 saturated heterocycles. The van der Waals surface area contributed by atoms with E-state index in [0.29, 0.717) is 11.5 Å². The first-order chi connectivity index (χ1) is 9.13. The third kappa shape index (κ3) is 3.24. The quantitative estimate of drug-likeness (QED) is 0.940. The van der Waals surface area contributed by atoms with Crippen LogP contribution >= 0.6 is 15.9 Å². The fourth-order valence-electron chi connectivity index (χ4n) is 1.80. The van der Waals surface area contributed by atoms with Crippen molar-refractivity contribution in [2.24, 2.45) is 5.73 Å². The summed E-state index contributed by atoms with van der Waals surface area (Å²) in [7, 11) is 3.23. The zero-order valence-electron chi connectivity index (χ0n) is 10.8. The van der Waals surface area contributed by atoms with E-state index in [4.69, 9.17) is 15.2 Å². The summed E-state index contributed by atoms with van der Waals surface area (Å²) < 4.78 is 11.4. The molecule has 0 fully saturated rings. The molecule has 0 aliphatic rings. The highest BCUT2D eigenvalue weighted by Gasteiger charge is 2.12. The molecule has 1 aromatic carbocycles. The normalized spacial score (nSPS) is 12.0. The first kappa shape index (κ1) is 13.8. The molecule has 1 heterocycles. The van der Waals surface area contributed by atoms with E-state index in [9.17, 15) is 0 Å². The van der Waals surface area contributed by atoms with Crippen molar-refractivity contribution in [2.75, 3.05) is 14.2 Å². The van der Waals surface area contributed by atoms with Gasteiger partial charge in [0.05, 0.1) is 20.3 Å². The Bertz CT molecular complexity index is 553. The van der Waals surface area contributed by atoms with Gasteiger partial charge in [-0.25, -0.2) is 0 Å². The Morgan fingerprint density at radius 1 is 1.00 bits per heavy atom. The molecule has 0 saturated carbocycles. The summed E-state index contributed by atoms with van der Waals surface area (Å²) in [4.78, 5) is 4.13. The van der Waals surface area contributed by atoms with E-state index in [0.717, 1.165) is 15.6 Å². The molecule has 4 nitrogen and oxygen atoms in total. The van der Waals surface area contributed by atoms with Gasteiger partial charge < -0.3 is 15.2 Å². The predicted molar refractivity (Wildman–Crippen MR) is 77.5 cm³/mol. The summed E-state index contributed by atoms with van der Waals surface area (Å²) in [5.41, 5.74) is 8.09. The topological polar surface area (TPSA) is 57.4 Å². The lowest BCUT2D eigenvalue weighted by molar-refractivity contribution is 0.393. The summed E-state index contributed by atoms with van der Waals surface area (Å²) in [6.07, 6.45) is 3.48. The van der Waals surface area contributed by atoms with Crippen molar-refractivity contribution in [2.45, 2.75) is 6.04 Å². The highest BCUT2D eigenvalue weighted by molar-refractivity contribution is 9.10. The number of halogens is 1. The summed E-state index contributed by atoms with van der Waals surface area (Å²) in [6.45, 7) is 0. The van der Waals surface area contributed by atoms with Gasteiger partial charge in [-0.1, -0.05) is 0 Å². The van der Waals surface area contributed by atoms with E-state index in [-0.39, 0.29) is 6.04 Å². The molecule has 0 aliphatic carbocycles. The van der Waals surface area contributed by atoms with Crippen LogP contribution in [0.1, 0.15) is 17.2 Å². The Morgan fingerprint density at radius 3 is 2.16 bits per heavy atom. The maximum absolute atomic E-state index is 6.26. The number of hydrogen-bond donors (Lipinski definition) is 1. The largest absolute Gasteiger partial charge is 0.497 e. The standard InChI is InChI=1S/C14H15BrN2O2/c1-18-12-4-9(5-13(6-12)19-2)14(16)10-3-11(15)8-17-7-10/h3-8,14H,16H2,1-2H3. The van der Waals surface area contributed by atoms with Crippen molar-refractivity contribution >= 4 is 15.9 Å². The number of methoxy groups -OCH3 is 2. The van der Waals surface area contributed by atoms with Crippen molar-refractivity contribution in [3.63, 3.8) is 0 Å². The minimum Gasteiger partial charge on any atom is -0.497 e. The van der Waals surface area contributed by atoms with Crippen LogP contribution in [0.25, 0.3) is 0 Å². The first-order valence-corrected chi connectivity index (χ1v) is 6.52. The number of ether oxygens (including phenoxy) is 2. The molecule has 0 bridgehead atoms. The van der Waals surface area contributed by atoms with Gasteiger partial charge in [0.1, 0.15) is 11.5 Å². The van der Waals surface area contributed by atoms with Gasteiger partial charge in [0, 0.05) is 22.9 Å². The van der Waals surface area contributed by atoms with E-state index in [2.05, 4.69) is 20.9 Å². The van der Waals surface area contributed by atoms with Gasteiger partial charge in [0.2, 0.25) is 0 Å². The smallest absolute Gasteiger partial charge is 0.122 e. The molecule has 0 spiro atoms. The molecule has 0 aliphatic heterocycles. The first-order valence-electron chi connectivity index (χ1n) is 5.73. The van der Waals surface area contributed by atoms with E-state index in [1.54, 1.807) is 26.6 Å². The minimum absolute atomic E-state index is 0.283. The van der Waals surface area contributed by atoms with E-state index < -0.39 is 0 Å². The van der Waals surface area contributed by atoms with Gasteiger partial charge >= 0.3 is 0 Å². The lowest BCUT2D eigenvalue weighted by atomic mass is 10.0. The summed E-state index contributed by atoms with van der Waals surface area (Å²) in [5, 5.41) is 0. The number of rotatable bonds is 4. The number of pyridine rings is 1. The van der Waals surface area contributed by atoms with Crippen LogP contribution in [0, 0.1) is 0 Å². The number of aromatic nitrogens is 1. The predicted octanol–water partition coefficient (Wildman–Crippen LogP) is 2.91. The SMILES string of the molecule is COc1cc(OC)cc(C(N)c2cncc(Br)c2)c1. The molecule has 100 valence electrons. The molecule has 1 aromatic heterocycles. The van der Waals surface area contributed by atoms with Crippen LogP contribution < -0.4 is 15.2 Å². The van der Waals surface area contributed by atoms with Gasteiger partial charge in [-0.15, -0.1) is 0 Å². The highest BCUT2D eigenvalue weighted by atomic mass is 79.9. The van der Waals surface area contributed by atoms with Crippen LogP contribution in [0.4, 0.5) is 0 Å². The summed E-state index contributed by atoms with van der Waals surface area (Å²) in [6, 6.07) is 7.27. The maximum atomic E-state index is 6.26. The Labute approximate surface area is 120 Å². The average Bonchev–Trinajstić information content (AvgIpc) is 2.45. The van der Waals surface area contributed by atoms with Crippen molar-refractivity contribution in [3.8, 4) is 11.5 Å². The minimum atomic E-state index is -0.283. The monoisotopic (exact) mass is 322 g/mol. The Balaban J connectivity index is 2.40. The summed E-state index contributed by atoms with van der Waals surface area (Å²) >= 11 is 3.39. The molecular formula is C14H15BrN2O2. The second-order valence-corrected chi connectivity index (χ2v) is 4.98.